The first-order valence-electron chi connectivity index (χ1n) is 9.76. The molecular weight excluding hydrogens is 414 g/mol. The van der Waals surface area contributed by atoms with E-state index in [1.165, 1.54) is 18.6 Å². The van der Waals surface area contributed by atoms with Gasteiger partial charge in [-0.2, -0.15) is 0 Å². The highest BCUT2D eigenvalue weighted by Gasteiger charge is 2.11. The molecule has 0 spiro atoms. The van der Waals surface area contributed by atoms with Crippen molar-refractivity contribution in [2.45, 2.75) is 20.0 Å². The Hall–Kier alpha value is -3.63. The Morgan fingerprint density at radius 1 is 1.06 bits per heavy atom. The van der Waals surface area contributed by atoms with Crippen molar-refractivity contribution in [3.63, 3.8) is 0 Å². The molecule has 2 N–H and O–H groups in total. The summed E-state index contributed by atoms with van der Waals surface area (Å²) in [5.41, 5.74) is 0.800. The highest BCUT2D eigenvalue weighted by atomic mass is 16.5. The van der Waals surface area contributed by atoms with Crippen molar-refractivity contribution in [2.24, 2.45) is 0 Å². The van der Waals surface area contributed by atoms with Gasteiger partial charge in [0.25, 0.3) is 5.56 Å². The van der Waals surface area contributed by atoms with Crippen LogP contribution < -0.4 is 15.0 Å². The molecule has 3 aromatic rings. The molecule has 32 heavy (non-hydrogen) atoms. The van der Waals surface area contributed by atoms with Gasteiger partial charge in [-0.15, -0.1) is 0 Å². The molecule has 1 unspecified atom stereocenters. The molecule has 3 rings (SSSR count). The van der Waals surface area contributed by atoms with Gasteiger partial charge >= 0.3 is 0 Å². The molecule has 170 valence electrons. The van der Waals surface area contributed by atoms with Gasteiger partial charge in [0.1, 0.15) is 23.4 Å². The number of benzene rings is 1. The lowest BCUT2D eigenvalue weighted by molar-refractivity contribution is 0.111. The standard InChI is InChI=1S/C19H18N4O5.C3H9N/c1-11-6-22-18(23-19(11)26)13-3-14(27-12(2)9-24)5-15(4-13)28-16-7-20-17(10-25)21-8-16;1-4(2)3/h3-8,10,12,24H,9H2,1-2H3,(H,22,23,26);1-3H3. The third-order valence-electron chi connectivity index (χ3n) is 3.71. The molecule has 2 aromatic heterocycles. The number of aryl methyl sites for hydroxylation is 1. The number of aromatic amines is 1. The average molecular weight is 441 g/mol. The van der Waals surface area contributed by atoms with E-state index in [2.05, 4.69) is 19.9 Å². The van der Waals surface area contributed by atoms with E-state index >= 15 is 0 Å². The summed E-state index contributed by atoms with van der Waals surface area (Å²) in [7, 11) is 6.00. The molecule has 0 bridgehead atoms. The van der Waals surface area contributed by atoms with Crippen LogP contribution in [0.3, 0.4) is 0 Å². The van der Waals surface area contributed by atoms with E-state index in [0.29, 0.717) is 40.5 Å². The second-order valence-corrected chi connectivity index (χ2v) is 7.39. The summed E-state index contributed by atoms with van der Waals surface area (Å²) in [5, 5.41) is 9.24. The molecule has 10 nitrogen and oxygen atoms in total. The number of aromatic nitrogens is 4. The Morgan fingerprint density at radius 2 is 1.69 bits per heavy atom. The number of H-pyrrole nitrogens is 1. The Morgan fingerprint density at radius 3 is 2.25 bits per heavy atom. The second kappa shape index (κ2) is 11.7. The van der Waals surface area contributed by atoms with Gasteiger partial charge in [0.15, 0.2) is 17.9 Å². The van der Waals surface area contributed by atoms with Crippen molar-refractivity contribution in [3.8, 4) is 28.6 Å². The quantitative estimate of drug-likeness (QED) is 0.529. The predicted molar refractivity (Wildman–Crippen MR) is 119 cm³/mol. The zero-order valence-electron chi connectivity index (χ0n) is 18.7. The molecule has 2 heterocycles. The van der Waals surface area contributed by atoms with E-state index in [-0.39, 0.29) is 18.0 Å². The third-order valence-corrected chi connectivity index (χ3v) is 3.71. The minimum atomic E-state index is -0.441. The summed E-state index contributed by atoms with van der Waals surface area (Å²) < 4.78 is 11.4. The molecule has 1 aromatic carbocycles. The summed E-state index contributed by atoms with van der Waals surface area (Å²) in [5.74, 6) is 1.50. The molecule has 0 amide bonds. The first-order valence-corrected chi connectivity index (χ1v) is 9.76. The third kappa shape index (κ3) is 7.56. The van der Waals surface area contributed by atoms with Crippen molar-refractivity contribution in [1.29, 1.82) is 0 Å². The molecule has 0 aliphatic carbocycles. The lowest BCUT2D eigenvalue weighted by Gasteiger charge is -2.15. The van der Waals surface area contributed by atoms with Crippen molar-refractivity contribution in [2.75, 3.05) is 27.7 Å². The topological polar surface area (TPSA) is 131 Å². The lowest BCUT2D eigenvalue weighted by atomic mass is 10.1. The molecule has 0 saturated carbocycles. The first-order chi connectivity index (χ1) is 15.2. The zero-order chi connectivity index (χ0) is 23.7. The molecule has 0 radical (unpaired) electrons. The molecule has 0 fully saturated rings. The van der Waals surface area contributed by atoms with Crippen LogP contribution in [-0.2, 0) is 0 Å². The molecule has 1 atom stereocenters. The Labute approximate surface area is 185 Å². The van der Waals surface area contributed by atoms with Crippen LogP contribution >= 0.6 is 0 Å². The van der Waals surface area contributed by atoms with Crippen molar-refractivity contribution in [1.82, 2.24) is 24.8 Å². The van der Waals surface area contributed by atoms with Crippen LogP contribution in [-0.4, -0.2) is 70.1 Å². The number of ether oxygens (including phenoxy) is 2. The molecule has 0 saturated heterocycles. The maximum absolute atomic E-state index is 11.9. The number of aliphatic hydroxyl groups is 1. The predicted octanol–water partition coefficient (Wildman–Crippen LogP) is 2.08. The Balaban J connectivity index is 0.000000837. The van der Waals surface area contributed by atoms with E-state index in [9.17, 15) is 14.7 Å². The fourth-order valence-electron chi connectivity index (χ4n) is 2.29. The fourth-order valence-corrected chi connectivity index (χ4v) is 2.29. The van der Waals surface area contributed by atoms with E-state index in [0.717, 1.165) is 0 Å². The highest BCUT2D eigenvalue weighted by Crippen LogP contribution is 2.31. The van der Waals surface area contributed by atoms with Gasteiger partial charge in [0, 0.05) is 23.4 Å². The Kier molecular flexibility index (Phi) is 8.99. The van der Waals surface area contributed by atoms with Crippen molar-refractivity contribution in [3.05, 3.63) is 58.5 Å². The van der Waals surface area contributed by atoms with Crippen LogP contribution in [0.5, 0.6) is 17.2 Å². The largest absolute Gasteiger partial charge is 0.488 e. The smallest absolute Gasteiger partial charge is 0.254 e. The minimum Gasteiger partial charge on any atom is -0.488 e. The van der Waals surface area contributed by atoms with Gasteiger partial charge in [-0.05, 0) is 47.1 Å². The Bertz CT molecular complexity index is 1080. The van der Waals surface area contributed by atoms with Crippen molar-refractivity contribution >= 4 is 6.29 Å². The maximum atomic E-state index is 11.9. The lowest BCUT2D eigenvalue weighted by Crippen LogP contribution is -2.16. The van der Waals surface area contributed by atoms with Gasteiger partial charge in [-0.3, -0.25) is 9.59 Å². The van der Waals surface area contributed by atoms with Crippen LogP contribution in [0.4, 0.5) is 0 Å². The zero-order valence-corrected chi connectivity index (χ0v) is 18.7. The number of aldehydes is 1. The van der Waals surface area contributed by atoms with E-state index in [1.54, 1.807) is 32.0 Å². The first kappa shape index (κ1) is 24.6. The number of hydrogen-bond donors (Lipinski definition) is 2. The SMILES string of the molecule is CN(C)C.Cc1cnc(-c2cc(Oc3cnc(C=O)nc3)cc(OC(C)CO)c2)[nH]c1=O. The monoisotopic (exact) mass is 441 g/mol. The molecule has 10 heteroatoms. The summed E-state index contributed by atoms with van der Waals surface area (Å²) in [6.45, 7) is 3.21. The van der Waals surface area contributed by atoms with E-state index in [4.69, 9.17) is 9.47 Å². The van der Waals surface area contributed by atoms with Crippen LogP contribution in [0, 0.1) is 6.92 Å². The van der Waals surface area contributed by atoms with Gasteiger partial charge in [0.2, 0.25) is 0 Å². The van der Waals surface area contributed by atoms with Gasteiger partial charge in [-0.1, -0.05) is 0 Å². The number of hydrogen-bond acceptors (Lipinski definition) is 9. The van der Waals surface area contributed by atoms with Gasteiger partial charge in [-0.25, -0.2) is 15.0 Å². The number of carbonyl (C=O) groups excluding carboxylic acids is 1. The fraction of sp³-hybridized carbons (Fsp3) is 0.318. The van der Waals surface area contributed by atoms with Crippen molar-refractivity contribution < 1.29 is 19.4 Å². The van der Waals surface area contributed by atoms with Crippen LogP contribution in [0.1, 0.15) is 23.1 Å². The number of rotatable bonds is 7. The van der Waals surface area contributed by atoms with Crippen LogP contribution in [0.2, 0.25) is 0 Å². The highest BCUT2D eigenvalue weighted by molar-refractivity contribution is 5.68. The summed E-state index contributed by atoms with van der Waals surface area (Å²) in [6, 6.07) is 4.96. The van der Waals surface area contributed by atoms with Crippen LogP contribution in [0.25, 0.3) is 11.4 Å². The molecule has 0 aliphatic heterocycles. The second-order valence-electron chi connectivity index (χ2n) is 7.39. The summed E-state index contributed by atoms with van der Waals surface area (Å²) in [4.78, 5) is 39.2. The number of nitrogens with one attached hydrogen (secondary N) is 1. The normalized spacial score (nSPS) is 11.3. The van der Waals surface area contributed by atoms with E-state index < -0.39 is 6.10 Å². The van der Waals surface area contributed by atoms with Crippen LogP contribution in [0.15, 0.2) is 41.6 Å². The number of aliphatic hydroxyl groups excluding tert-OH is 1. The van der Waals surface area contributed by atoms with Gasteiger partial charge in [0.05, 0.1) is 19.0 Å². The maximum Gasteiger partial charge on any atom is 0.254 e. The average Bonchev–Trinajstić information content (AvgIpc) is 2.75. The molecule has 0 aliphatic rings. The number of nitrogens with zero attached hydrogens (tertiary/aromatic N) is 4. The van der Waals surface area contributed by atoms with E-state index in [1.807, 2.05) is 26.0 Å². The molecular formula is C22H27N5O5. The number of carbonyl (C=O) groups is 1. The van der Waals surface area contributed by atoms with Gasteiger partial charge < -0.3 is 24.5 Å². The summed E-state index contributed by atoms with van der Waals surface area (Å²) >= 11 is 0. The summed E-state index contributed by atoms with van der Waals surface area (Å²) in [6.07, 6.45) is 4.30. The minimum absolute atomic E-state index is 0.0447.